The number of methoxy groups -OCH3 is 2. The highest BCUT2D eigenvalue weighted by Gasteiger charge is 2.30. The third-order valence-corrected chi connectivity index (χ3v) is 7.11. The maximum atomic E-state index is 11.7. The molecule has 3 aromatic carbocycles. The van der Waals surface area contributed by atoms with Crippen molar-refractivity contribution in [1.82, 2.24) is 0 Å². The highest BCUT2D eigenvalue weighted by atomic mass is 16.5. The van der Waals surface area contributed by atoms with Crippen molar-refractivity contribution in [2.75, 3.05) is 20.8 Å². The van der Waals surface area contributed by atoms with Gasteiger partial charge in [0.25, 0.3) is 0 Å². The van der Waals surface area contributed by atoms with Crippen molar-refractivity contribution in [3.8, 4) is 28.4 Å². The molecule has 34 heavy (non-hydrogen) atoms. The number of hydrogen-bond acceptors (Lipinski definition) is 5. The highest BCUT2D eigenvalue weighted by molar-refractivity contribution is 5.77. The Hall–Kier alpha value is -3.47. The Bertz CT molecular complexity index is 1250. The minimum Gasteiger partial charge on any atom is -0.496 e. The summed E-state index contributed by atoms with van der Waals surface area (Å²) in [6, 6.07) is 16.6. The normalized spacial score (nSPS) is 18.1. The fraction of sp³-hybridized carbons (Fsp3) is 0.345. The number of aryl methyl sites for hydroxylation is 1. The van der Waals surface area contributed by atoms with Crippen molar-refractivity contribution < 1.29 is 23.7 Å². The molecule has 2 aliphatic rings. The molecule has 5 nitrogen and oxygen atoms in total. The van der Waals surface area contributed by atoms with E-state index in [0.29, 0.717) is 13.0 Å². The van der Waals surface area contributed by atoms with E-state index in [2.05, 4.69) is 38.1 Å². The molecule has 5 rings (SSSR count). The van der Waals surface area contributed by atoms with Crippen molar-refractivity contribution in [3.05, 3.63) is 76.3 Å². The quantitative estimate of drug-likeness (QED) is 0.419. The molecular formula is C29H30O5. The van der Waals surface area contributed by atoms with Gasteiger partial charge in [-0.2, -0.15) is 0 Å². The second-order valence-electron chi connectivity index (χ2n) is 9.09. The number of rotatable bonds is 6. The first-order valence-electron chi connectivity index (χ1n) is 11.8. The Kier molecular flexibility index (Phi) is 5.94. The standard InChI is InChI=1S/C29H30O5/c1-17-8-12-25(31-3)18(2)29(17)24-7-5-6-23-22(24)11-13-26(23)34-20-9-10-21-19(14-28(30)32-4)16-33-27(21)15-20/h5-10,12,15,19,26H,11,13-14,16H2,1-4H3/t19-,26-/m1/s1. The number of fused-ring (bicyclic) bond motifs is 2. The van der Waals surface area contributed by atoms with Gasteiger partial charge in [0.2, 0.25) is 0 Å². The van der Waals surface area contributed by atoms with Crippen LogP contribution in [0, 0.1) is 13.8 Å². The summed E-state index contributed by atoms with van der Waals surface area (Å²) in [5, 5.41) is 0. The SMILES string of the molecule is COC(=O)C[C@@H]1COc2cc(O[C@@H]3CCc4c(-c5c(C)ccc(OC)c5C)cccc43)ccc21. The molecule has 0 saturated heterocycles. The van der Waals surface area contributed by atoms with E-state index in [-0.39, 0.29) is 18.0 Å². The number of benzene rings is 3. The summed E-state index contributed by atoms with van der Waals surface area (Å²) < 4.78 is 22.7. The van der Waals surface area contributed by atoms with E-state index in [1.54, 1.807) is 7.11 Å². The minimum atomic E-state index is -0.221. The van der Waals surface area contributed by atoms with E-state index in [1.165, 1.54) is 34.9 Å². The fourth-order valence-corrected chi connectivity index (χ4v) is 5.38. The van der Waals surface area contributed by atoms with E-state index < -0.39 is 0 Å². The predicted molar refractivity (Wildman–Crippen MR) is 131 cm³/mol. The van der Waals surface area contributed by atoms with Crippen LogP contribution in [0.2, 0.25) is 0 Å². The molecule has 1 aliphatic heterocycles. The number of ether oxygens (including phenoxy) is 4. The molecule has 5 heteroatoms. The van der Waals surface area contributed by atoms with Crippen LogP contribution in [-0.2, 0) is 16.0 Å². The predicted octanol–water partition coefficient (Wildman–Crippen LogP) is 6.08. The monoisotopic (exact) mass is 458 g/mol. The van der Waals surface area contributed by atoms with Crippen molar-refractivity contribution in [3.63, 3.8) is 0 Å². The Morgan fingerprint density at radius 3 is 2.71 bits per heavy atom. The van der Waals surface area contributed by atoms with Crippen LogP contribution in [0.3, 0.4) is 0 Å². The lowest BCUT2D eigenvalue weighted by Gasteiger charge is -2.18. The van der Waals surface area contributed by atoms with Crippen LogP contribution in [0.15, 0.2) is 48.5 Å². The van der Waals surface area contributed by atoms with E-state index in [4.69, 9.17) is 18.9 Å². The summed E-state index contributed by atoms with van der Waals surface area (Å²) in [4.78, 5) is 11.7. The summed E-state index contributed by atoms with van der Waals surface area (Å²) in [5.41, 5.74) is 8.55. The second-order valence-corrected chi connectivity index (χ2v) is 9.09. The zero-order valence-corrected chi connectivity index (χ0v) is 20.1. The molecule has 0 aromatic heterocycles. The topological polar surface area (TPSA) is 54.0 Å². The average molecular weight is 459 g/mol. The maximum absolute atomic E-state index is 11.7. The Labute approximate surface area is 200 Å². The minimum absolute atomic E-state index is 0.00788. The fourth-order valence-electron chi connectivity index (χ4n) is 5.38. The molecule has 0 radical (unpaired) electrons. The molecule has 0 amide bonds. The first kappa shape index (κ1) is 22.3. The molecule has 0 fully saturated rings. The van der Waals surface area contributed by atoms with Crippen LogP contribution in [0.5, 0.6) is 17.2 Å². The van der Waals surface area contributed by atoms with Gasteiger partial charge >= 0.3 is 5.97 Å². The van der Waals surface area contributed by atoms with Gasteiger partial charge in [0.05, 0.1) is 27.2 Å². The van der Waals surface area contributed by atoms with Gasteiger partial charge in [0.15, 0.2) is 0 Å². The van der Waals surface area contributed by atoms with E-state index in [9.17, 15) is 4.79 Å². The molecule has 0 spiro atoms. The van der Waals surface area contributed by atoms with Gasteiger partial charge in [0, 0.05) is 17.5 Å². The highest BCUT2D eigenvalue weighted by Crippen LogP contribution is 2.44. The smallest absolute Gasteiger partial charge is 0.306 e. The zero-order valence-electron chi connectivity index (χ0n) is 20.1. The van der Waals surface area contributed by atoms with Crippen LogP contribution in [0.1, 0.15) is 52.7 Å². The van der Waals surface area contributed by atoms with Gasteiger partial charge in [-0.3, -0.25) is 4.79 Å². The van der Waals surface area contributed by atoms with Crippen LogP contribution < -0.4 is 14.2 Å². The Morgan fingerprint density at radius 1 is 1.06 bits per heavy atom. The van der Waals surface area contributed by atoms with Crippen LogP contribution in [0.25, 0.3) is 11.1 Å². The lowest BCUT2D eigenvalue weighted by atomic mass is 9.90. The largest absolute Gasteiger partial charge is 0.496 e. The van der Waals surface area contributed by atoms with Crippen LogP contribution in [-0.4, -0.2) is 26.8 Å². The molecule has 1 heterocycles. The number of esters is 1. The van der Waals surface area contributed by atoms with Crippen molar-refractivity contribution in [2.24, 2.45) is 0 Å². The van der Waals surface area contributed by atoms with Gasteiger partial charge in [-0.15, -0.1) is 0 Å². The molecular weight excluding hydrogens is 428 g/mol. The first-order chi connectivity index (χ1) is 16.5. The third kappa shape index (κ3) is 3.89. The van der Waals surface area contributed by atoms with Gasteiger partial charge in [-0.1, -0.05) is 30.3 Å². The van der Waals surface area contributed by atoms with Crippen molar-refractivity contribution in [2.45, 2.75) is 45.1 Å². The summed E-state index contributed by atoms with van der Waals surface area (Å²) in [6.07, 6.45) is 2.21. The van der Waals surface area contributed by atoms with E-state index in [1.807, 2.05) is 24.3 Å². The summed E-state index contributed by atoms with van der Waals surface area (Å²) in [6.45, 7) is 4.77. The average Bonchev–Trinajstić information content (AvgIpc) is 3.43. The van der Waals surface area contributed by atoms with Crippen LogP contribution in [0.4, 0.5) is 0 Å². The van der Waals surface area contributed by atoms with Crippen molar-refractivity contribution >= 4 is 5.97 Å². The molecule has 3 aromatic rings. The van der Waals surface area contributed by atoms with Gasteiger partial charge in [-0.25, -0.2) is 0 Å². The molecule has 0 unspecified atom stereocenters. The number of carbonyl (C=O) groups excluding carboxylic acids is 1. The molecule has 1 aliphatic carbocycles. The maximum Gasteiger partial charge on any atom is 0.306 e. The molecule has 2 atom stereocenters. The van der Waals surface area contributed by atoms with Crippen molar-refractivity contribution in [1.29, 1.82) is 0 Å². The van der Waals surface area contributed by atoms with Gasteiger partial charge < -0.3 is 18.9 Å². The lowest BCUT2D eigenvalue weighted by molar-refractivity contribution is -0.141. The molecule has 176 valence electrons. The van der Waals surface area contributed by atoms with Gasteiger partial charge in [0.1, 0.15) is 23.4 Å². The molecule has 0 saturated carbocycles. The van der Waals surface area contributed by atoms with Crippen LogP contribution >= 0.6 is 0 Å². The summed E-state index contributed by atoms with van der Waals surface area (Å²) in [5.74, 6) is 2.30. The van der Waals surface area contributed by atoms with Gasteiger partial charge in [-0.05, 0) is 72.2 Å². The lowest BCUT2D eigenvalue weighted by Crippen LogP contribution is -2.09. The second kappa shape index (κ2) is 9.05. The Morgan fingerprint density at radius 2 is 1.91 bits per heavy atom. The first-order valence-corrected chi connectivity index (χ1v) is 11.8. The van der Waals surface area contributed by atoms with E-state index in [0.717, 1.165) is 41.2 Å². The summed E-state index contributed by atoms with van der Waals surface area (Å²) in [7, 11) is 3.14. The number of carbonyl (C=O) groups is 1. The molecule has 0 N–H and O–H groups in total. The number of hydrogen-bond donors (Lipinski definition) is 0. The third-order valence-electron chi connectivity index (χ3n) is 7.11. The zero-order chi connectivity index (χ0) is 23.8. The molecule has 0 bridgehead atoms. The van der Waals surface area contributed by atoms with E-state index >= 15 is 0 Å². The summed E-state index contributed by atoms with van der Waals surface area (Å²) >= 11 is 0. The Balaban J connectivity index is 1.41.